The van der Waals surface area contributed by atoms with Crippen molar-refractivity contribution in [3.63, 3.8) is 0 Å². The predicted molar refractivity (Wildman–Crippen MR) is 88.4 cm³/mol. The summed E-state index contributed by atoms with van der Waals surface area (Å²) < 4.78 is 9.93. The molecular weight excluding hydrogens is 341 g/mol. The van der Waals surface area contributed by atoms with Crippen LogP contribution in [-0.2, 0) is 9.53 Å². The first-order valence-corrected chi connectivity index (χ1v) is 7.31. The van der Waals surface area contributed by atoms with Gasteiger partial charge in [0, 0.05) is 5.02 Å². The predicted octanol–water partition coefficient (Wildman–Crippen LogP) is 3.80. The molecule has 0 aromatic heterocycles. The van der Waals surface area contributed by atoms with Crippen LogP contribution in [0.2, 0.25) is 10.0 Å². The normalized spacial score (nSPS) is 10.0. The Morgan fingerprint density at radius 3 is 2.39 bits per heavy atom. The van der Waals surface area contributed by atoms with Crippen molar-refractivity contribution in [2.24, 2.45) is 0 Å². The van der Waals surface area contributed by atoms with Gasteiger partial charge in [0.2, 0.25) is 0 Å². The third-order valence-corrected chi connectivity index (χ3v) is 3.41. The second kappa shape index (κ2) is 7.85. The monoisotopic (exact) mass is 353 g/mol. The van der Waals surface area contributed by atoms with Gasteiger partial charge in [0.05, 0.1) is 23.4 Å². The number of hydrogen-bond donors (Lipinski definition) is 1. The zero-order valence-electron chi connectivity index (χ0n) is 12.1. The van der Waals surface area contributed by atoms with Crippen LogP contribution in [0.4, 0.5) is 5.69 Å². The van der Waals surface area contributed by atoms with Crippen LogP contribution in [0.15, 0.2) is 42.5 Å². The van der Waals surface area contributed by atoms with Crippen LogP contribution in [0.1, 0.15) is 10.4 Å². The second-order valence-corrected chi connectivity index (χ2v) is 5.32. The highest BCUT2D eigenvalue weighted by Gasteiger charge is 2.11. The van der Waals surface area contributed by atoms with E-state index in [1.165, 1.54) is 13.2 Å². The van der Waals surface area contributed by atoms with Crippen molar-refractivity contribution in [1.82, 2.24) is 0 Å². The summed E-state index contributed by atoms with van der Waals surface area (Å²) in [5, 5.41) is 3.29. The number of halogens is 2. The molecule has 0 aliphatic carbocycles. The van der Waals surface area contributed by atoms with Crippen LogP contribution in [0.25, 0.3) is 0 Å². The summed E-state index contributed by atoms with van der Waals surface area (Å²) in [5.74, 6) is -0.488. The number of carbonyl (C=O) groups excluding carboxylic acids is 2. The van der Waals surface area contributed by atoms with Gasteiger partial charge < -0.3 is 14.8 Å². The second-order valence-electron chi connectivity index (χ2n) is 4.48. The maximum absolute atomic E-state index is 11.8. The van der Waals surface area contributed by atoms with Gasteiger partial charge in [-0.3, -0.25) is 4.79 Å². The van der Waals surface area contributed by atoms with Crippen molar-refractivity contribution in [1.29, 1.82) is 0 Å². The molecule has 23 heavy (non-hydrogen) atoms. The Balaban J connectivity index is 1.89. The summed E-state index contributed by atoms with van der Waals surface area (Å²) in [4.78, 5) is 23.6. The van der Waals surface area contributed by atoms with Crippen LogP contribution >= 0.6 is 23.2 Å². The van der Waals surface area contributed by atoms with Gasteiger partial charge in [-0.05, 0) is 42.5 Å². The molecule has 0 fully saturated rings. The van der Waals surface area contributed by atoms with Gasteiger partial charge in [0.25, 0.3) is 5.91 Å². The van der Waals surface area contributed by atoms with Crippen LogP contribution < -0.4 is 10.1 Å². The molecule has 5 nitrogen and oxygen atoms in total. The molecule has 0 saturated carbocycles. The van der Waals surface area contributed by atoms with Gasteiger partial charge >= 0.3 is 5.97 Å². The van der Waals surface area contributed by atoms with Crippen molar-refractivity contribution in [2.45, 2.75) is 0 Å². The molecule has 0 heterocycles. The third kappa shape index (κ3) is 4.87. The van der Waals surface area contributed by atoms with Crippen molar-refractivity contribution < 1.29 is 19.1 Å². The largest absolute Gasteiger partial charge is 0.497 e. The van der Waals surface area contributed by atoms with Crippen LogP contribution in [0.3, 0.4) is 0 Å². The molecule has 0 bridgehead atoms. The van der Waals surface area contributed by atoms with E-state index < -0.39 is 18.5 Å². The topological polar surface area (TPSA) is 64.6 Å². The number of benzene rings is 2. The third-order valence-electron chi connectivity index (χ3n) is 2.87. The number of methoxy groups -OCH3 is 1. The number of amides is 1. The first kappa shape index (κ1) is 17.1. The smallest absolute Gasteiger partial charge is 0.338 e. The first-order valence-electron chi connectivity index (χ1n) is 6.55. The lowest BCUT2D eigenvalue weighted by atomic mass is 10.2. The Bertz CT molecular complexity index is 717. The minimum atomic E-state index is -0.606. The summed E-state index contributed by atoms with van der Waals surface area (Å²) >= 11 is 11.7. The fraction of sp³-hybridized carbons (Fsp3) is 0.125. The fourth-order valence-corrected chi connectivity index (χ4v) is 2.17. The quantitative estimate of drug-likeness (QED) is 0.830. The van der Waals surface area contributed by atoms with Crippen molar-refractivity contribution >= 4 is 40.8 Å². The average molecular weight is 354 g/mol. The molecule has 2 rings (SSSR count). The number of anilines is 1. The Morgan fingerprint density at radius 2 is 1.78 bits per heavy atom. The SMILES string of the molecule is COc1ccc(C(=O)OCC(=O)Nc2ccc(Cl)cc2Cl)cc1. The number of nitrogens with one attached hydrogen (secondary N) is 1. The van der Waals surface area contributed by atoms with Crippen molar-refractivity contribution in [3.05, 3.63) is 58.1 Å². The lowest BCUT2D eigenvalue weighted by Crippen LogP contribution is -2.21. The summed E-state index contributed by atoms with van der Waals surface area (Å²) in [6.45, 7) is -0.427. The molecular formula is C16H13Cl2NO4. The van der Waals surface area contributed by atoms with E-state index in [0.29, 0.717) is 27.0 Å². The van der Waals surface area contributed by atoms with E-state index in [1.807, 2.05) is 0 Å². The van der Waals surface area contributed by atoms with Gasteiger partial charge in [0.15, 0.2) is 6.61 Å². The van der Waals surface area contributed by atoms with Crippen LogP contribution in [-0.4, -0.2) is 25.6 Å². The maximum Gasteiger partial charge on any atom is 0.338 e. The molecule has 0 spiro atoms. The molecule has 1 N–H and O–H groups in total. The van der Waals surface area contributed by atoms with Gasteiger partial charge in [-0.25, -0.2) is 4.79 Å². The van der Waals surface area contributed by atoms with Crippen LogP contribution in [0, 0.1) is 0 Å². The maximum atomic E-state index is 11.8. The molecule has 0 atom stereocenters. The molecule has 0 aliphatic heterocycles. The van der Waals surface area contributed by atoms with Crippen molar-refractivity contribution in [3.8, 4) is 5.75 Å². The van der Waals surface area contributed by atoms with E-state index in [-0.39, 0.29) is 0 Å². The van der Waals surface area contributed by atoms with Crippen molar-refractivity contribution in [2.75, 3.05) is 19.0 Å². The first-order chi connectivity index (χ1) is 11.0. The average Bonchev–Trinajstić information content (AvgIpc) is 2.55. The fourth-order valence-electron chi connectivity index (χ4n) is 1.72. The van der Waals surface area contributed by atoms with E-state index in [9.17, 15) is 9.59 Å². The molecule has 0 saturated heterocycles. The van der Waals surface area contributed by atoms with Gasteiger partial charge in [-0.15, -0.1) is 0 Å². The lowest BCUT2D eigenvalue weighted by molar-refractivity contribution is -0.119. The lowest BCUT2D eigenvalue weighted by Gasteiger charge is -2.08. The molecule has 0 radical (unpaired) electrons. The molecule has 7 heteroatoms. The molecule has 2 aromatic carbocycles. The van der Waals surface area contributed by atoms with E-state index in [2.05, 4.69) is 5.32 Å². The zero-order chi connectivity index (χ0) is 16.8. The zero-order valence-corrected chi connectivity index (χ0v) is 13.6. The van der Waals surface area contributed by atoms with E-state index in [0.717, 1.165) is 0 Å². The summed E-state index contributed by atoms with van der Waals surface area (Å²) in [6, 6.07) is 11.0. The molecule has 1 amide bonds. The minimum Gasteiger partial charge on any atom is -0.497 e. The highest BCUT2D eigenvalue weighted by molar-refractivity contribution is 6.36. The molecule has 120 valence electrons. The van der Waals surface area contributed by atoms with Crippen LogP contribution in [0.5, 0.6) is 5.75 Å². The number of ether oxygens (including phenoxy) is 2. The summed E-state index contributed by atoms with van der Waals surface area (Å²) in [5.41, 5.74) is 0.713. The molecule has 2 aromatic rings. The number of carbonyl (C=O) groups is 2. The Morgan fingerprint density at radius 1 is 1.09 bits per heavy atom. The van der Waals surface area contributed by atoms with E-state index >= 15 is 0 Å². The highest BCUT2D eigenvalue weighted by Crippen LogP contribution is 2.25. The van der Waals surface area contributed by atoms with E-state index in [1.54, 1.807) is 36.4 Å². The Hall–Kier alpha value is -2.24. The standard InChI is InChI=1S/C16H13Cl2NO4/c1-22-12-5-2-10(3-6-12)16(21)23-9-15(20)19-14-7-4-11(17)8-13(14)18/h2-8H,9H2,1H3,(H,19,20). The minimum absolute atomic E-state index is 0.298. The number of esters is 1. The molecule has 0 unspecified atom stereocenters. The molecule has 0 aliphatic rings. The van der Waals surface area contributed by atoms with Gasteiger partial charge in [0.1, 0.15) is 5.75 Å². The van der Waals surface area contributed by atoms with Gasteiger partial charge in [-0.2, -0.15) is 0 Å². The van der Waals surface area contributed by atoms with Gasteiger partial charge in [-0.1, -0.05) is 23.2 Å². The number of hydrogen-bond acceptors (Lipinski definition) is 4. The Kier molecular flexibility index (Phi) is 5.84. The van der Waals surface area contributed by atoms with E-state index in [4.69, 9.17) is 32.7 Å². The number of rotatable bonds is 5. The Labute approximate surface area is 143 Å². The summed E-state index contributed by atoms with van der Waals surface area (Å²) in [6.07, 6.45) is 0. The summed E-state index contributed by atoms with van der Waals surface area (Å²) in [7, 11) is 1.53. The highest BCUT2D eigenvalue weighted by atomic mass is 35.5.